The number of aromatic nitrogens is 1. The lowest BCUT2D eigenvalue weighted by Crippen LogP contribution is -2.05. The number of pyridine rings is 1. The van der Waals surface area contributed by atoms with E-state index in [2.05, 4.69) is 20.9 Å². The van der Waals surface area contributed by atoms with Crippen LogP contribution >= 0.6 is 27.5 Å². The summed E-state index contributed by atoms with van der Waals surface area (Å²) in [6.07, 6.45) is 1.56. The fourth-order valence-electron chi connectivity index (χ4n) is 1.80. The minimum atomic E-state index is -0.640. The van der Waals surface area contributed by atoms with Gasteiger partial charge in [-0.3, -0.25) is 4.98 Å². The maximum atomic E-state index is 10.2. The molecule has 0 saturated heterocycles. The summed E-state index contributed by atoms with van der Waals surface area (Å²) in [5.41, 5.74) is 2.69. The number of halogens is 2. The van der Waals surface area contributed by atoms with Crippen molar-refractivity contribution >= 4 is 27.5 Å². The zero-order valence-corrected chi connectivity index (χ0v) is 12.2. The molecule has 1 atom stereocenters. The molecule has 0 aliphatic rings. The molecule has 4 heteroatoms. The summed E-state index contributed by atoms with van der Waals surface area (Å²) >= 11 is 9.47. The van der Waals surface area contributed by atoms with Crippen LogP contribution in [0.5, 0.6) is 0 Å². The van der Waals surface area contributed by atoms with Crippen molar-refractivity contribution < 1.29 is 5.11 Å². The molecule has 1 unspecified atom stereocenters. The van der Waals surface area contributed by atoms with Crippen molar-refractivity contribution in [3.8, 4) is 0 Å². The molecule has 0 fully saturated rings. The van der Waals surface area contributed by atoms with E-state index in [9.17, 15) is 5.11 Å². The van der Waals surface area contributed by atoms with Gasteiger partial charge in [0.25, 0.3) is 0 Å². The van der Waals surface area contributed by atoms with Gasteiger partial charge in [-0.25, -0.2) is 0 Å². The van der Waals surface area contributed by atoms with E-state index in [-0.39, 0.29) is 0 Å². The molecule has 94 valence electrons. The topological polar surface area (TPSA) is 33.1 Å². The van der Waals surface area contributed by atoms with Crippen molar-refractivity contribution in [1.29, 1.82) is 0 Å². The van der Waals surface area contributed by atoms with E-state index in [1.54, 1.807) is 12.3 Å². The SMILES string of the molecule is Cc1cccnc1CC(O)c1ccc(Br)cc1Cl. The number of hydrogen-bond donors (Lipinski definition) is 1. The molecule has 2 aromatic rings. The molecule has 0 amide bonds. The van der Waals surface area contributed by atoms with Gasteiger partial charge < -0.3 is 5.11 Å². The summed E-state index contributed by atoms with van der Waals surface area (Å²) < 4.78 is 0.900. The molecule has 0 aliphatic carbocycles. The van der Waals surface area contributed by atoms with Crippen LogP contribution in [0.1, 0.15) is 22.9 Å². The molecular weight excluding hydrogens is 314 g/mol. The van der Waals surface area contributed by atoms with E-state index >= 15 is 0 Å². The van der Waals surface area contributed by atoms with Crippen LogP contribution in [0.25, 0.3) is 0 Å². The van der Waals surface area contributed by atoms with Crippen LogP contribution in [0.3, 0.4) is 0 Å². The molecule has 0 saturated carbocycles. The largest absolute Gasteiger partial charge is 0.388 e. The number of aryl methyl sites for hydroxylation is 1. The van der Waals surface area contributed by atoms with E-state index < -0.39 is 6.10 Å². The zero-order chi connectivity index (χ0) is 13.1. The van der Waals surface area contributed by atoms with Crippen LogP contribution in [0.2, 0.25) is 5.02 Å². The predicted octanol–water partition coefficient (Wildman–Crippen LogP) is 4.08. The number of aliphatic hydroxyl groups excluding tert-OH is 1. The van der Waals surface area contributed by atoms with E-state index in [1.807, 2.05) is 31.2 Å². The van der Waals surface area contributed by atoms with Crippen molar-refractivity contribution in [2.75, 3.05) is 0 Å². The molecule has 0 bridgehead atoms. The highest BCUT2D eigenvalue weighted by Crippen LogP contribution is 2.28. The second kappa shape index (κ2) is 5.83. The molecule has 1 aromatic heterocycles. The van der Waals surface area contributed by atoms with E-state index in [0.717, 1.165) is 21.3 Å². The lowest BCUT2D eigenvalue weighted by Gasteiger charge is -2.13. The third-order valence-corrected chi connectivity index (χ3v) is 3.65. The molecule has 1 heterocycles. The summed E-state index contributed by atoms with van der Waals surface area (Å²) in [6, 6.07) is 9.35. The van der Waals surface area contributed by atoms with Gasteiger partial charge in [-0.15, -0.1) is 0 Å². The summed E-state index contributed by atoms with van der Waals surface area (Å²) in [5.74, 6) is 0. The second-order valence-corrected chi connectivity index (χ2v) is 5.48. The van der Waals surface area contributed by atoms with Crippen LogP contribution in [0.15, 0.2) is 41.0 Å². The summed E-state index contributed by atoms with van der Waals surface area (Å²) in [7, 11) is 0. The number of hydrogen-bond acceptors (Lipinski definition) is 2. The van der Waals surface area contributed by atoms with Crippen molar-refractivity contribution in [1.82, 2.24) is 4.98 Å². The number of rotatable bonds is 3. The van der Waals surface area contributed by atoms with Gasteiger partial charge in [-0.2, -0.15) is 0 Å². The number of nitrogens with zero attached hydrogens (tertiary/aromatic N) is 1. The monoisotopic (exact) mass is 325 g/mol. The van der Waals surface area contributed by atoms with Gasteiger partial charge in [0.05, 0.1) is 6.10 Å². The molecule has 0 spiro atoms. The first-order valence-corrected chi connectivity index (χ1v) is 6.78. The molecule has 18 heavy (non-hydrogen) atoms. The minimum Gasteiger partial charge on any atom is -0.388 e. The van der Waals surface area contributed by atoms with Gasteiger partial charge in [-0.1, -0.05) is 39.7 Å². The highest BCUT2D eigenvalue weighted by atomic mass is 79.9. The quantitative estimate of drug-likeness (QED) is 0.922. The Bertz CT molecular complexity index is 559. The lowest BCUT2D eigenvalue weighted by atomic mass is 10.0. The smallest absolute Gasteiger partial charge is 0.0859 e. The Morgan fingerprint density at radius 1 is 1.39 bits per heavy atom. The Morgan fingerprint density at radius 2 is 2.17 bits per heavy atom. The van der Waals surface area contributed by atoms with Gasteiger partial charge in [0, 0.05) is 27.8 Å². The van der Waals surface area contributed by atoms with E-state index in [0.29, 0.717) is 11.4 Å². The first-order chi connectivity index (χ1) is 8.58. The van der Waals surface area contributed by atoms with Crippen LogP contribution in [0.4, 0.5) is 0 Å². The number of benzene rings is 1. The van der Waals surface area contributed by atoms with Gasteiger partial charge in [-0.05, 0) is 36.2 Å². The Kier molecular flexibility index (Phi) is 4.38. The third-order valence-electron chi connectivity index (χ3n) is 2.83. The minimum absolute atomic E-state index is 0.466. The third kappa shape index (κ3) is 3.10. The van der Waals surface area contributed by atoms with Crippen LogP contribution in [-0.2, 0) is 6.42 Å². The van der Waals surface area contributed by atoms with Crippen LogP contribution in [-0.4, -0.2) is 10.1 Å². The molecular formula is C14H13BrClNO. The van der Waals surface area contributed by atoms with Gasteiger partial charge in [0.1, 0.15) is 0 Å². The Morgan fingerprint density at radius 3 is 2.83 bits per heavy atom. The maximum Gasteiger partial charge on any atom is 0.0859 e. The average Bonchev–Trinajstić information content (AvgIpc) is 2.32. The van der Waals surface area contributed by atoms with Crippen LogP contribution in [0, 0.1) is 6.92 Å². The Labute approximate surface area is 120 Å². The van der Waals surface area contributed by atoms with Gasteiger partial charge in [0.15, 0.2) is 0 Å². The first kappa shape index (κ1) is 13.5. The van der Waals surface area contributed by atoms with E-state index in [1.165, 1.54) is 0 Å². The molecule has 0 aliphatic heterocycles. The maximum absolute atomic E-state index is 10.2. The van der Waals surface area contributed by atoms with Gasteiger partial charge >= 0.3 is 0 Å². The van der Waals surface area contributed by atoms with E-state index in [4.69, 9.17) is 11.6 Å². The molecule has 1 N–H and O–H groups in total. The Hall–Kier alpha value is -0.900. The van der Waals surface area contributed by atoms with Crippen molar-refractivity contribution in [3.63, 3.8) is 0 Å². The molecule has 1 aromatic carbocycles. The second-order valence-electron chi connectivity index (χ2n) is 4.15. The first-order valence-electron chi connectivity index (χ1n) is 5.61. The zero-order valence-electron chi connectivity index (χ0n) is 9.90. The van der Waals surface area contributed by atoms with Crippen molar-refractivity contribution in [2.45, 2.75) is 19.4 Å². The predicted molar refractivity (Wildman–Crippen MR) is 76.8 cm³/mol. The lowest BCUT2D eigenvalue weighted by molar-refractivity contribution is 0.177. The highest BCUT2D eigenvalue weighted by Gasteiger charge is 2.14. The van der Waals surface area contributed by atoms with Crippen LogP contribution < -0.4 is 0 Å². The molecule has 2 rings (SSSR count). The summed E-state index contributed by atoms with van der Waals surface area (Å²) in [6.45, 7) is 1.98. The highest BCUT2D eigenvalue weighted by molar-refractivity contribution is 9.10. The van der Waals surface area contributed by atoms with Crippen molar-refractivity contribution in [2.24, 2.45) is 0 Å². The summed E-state index contributed by atoms with van der Waals surface area (Å²) in [4.78, 5) is 4.28. The summed E-state index contributed by atoms with van der Waals surface area (Å²) in [5, 5.41) is 10.8. The van der Waals surface area contributed by atoms with Crippen molar-refractivity contribution in [3.05, 3.63) is 62.8 Å². The Balaban J connectivity index is 2.22. The molecule has 2 nitrogen and oxygen atoms in total. The van der Waals surface area contributed by atoms with Gasteiger partial charge in [0.2, 0.25) is 0 Å². The fourth-order valence-corrected chi connectivity index (χ4v) is 2.60. The number of aliphatic hydroxyl groups is 1. The molecule has 0 radical (unpaired) electrons. The average molecular weight is 327 g/mol. The standard InChI is InChI=1S/C14H13BrClNO/c1-9-3-2-6-17-13(9)8-14(18)11-5-4-10(15)7-12(11)16/h2-7,14,18H,8H2,1H3. The fraction of sp³-hybridized carbons (Fsp3) is 0.214. The normalized spacial score (nSPS) is 12.4.